The van der Waals surface area contributed by atoms with Crippen LogP contribution in [0.3, 0.4) is 0 Å². The molecular formula is C18H22N2O4S. The van der Waals surface area contributed by atoms with Crippen LogP contribution in [0, 0.1) is 0 Å². The Hall–Kier alpha value is -2.38. The average Bonchev–Trinajstić information content (AvgIpc) is 2.61. The van der Waals surface area contributed by atoms with E-state index in [2.05, 4.69) is 5.32 Å². The van der Waals surface area contributed by atoms with Gasteiger partial charge in [0, 0.05) is 25.2 Å². The van der Waals surface area contributed by atoms with E-state index >= 15 is 0 Å². The van der Waals surface area contributed by atoms with Crippen molar-refractivity contribution in [1.29, 1.82) is 0 Å². The quantitative estimate of drug-likeness (QED) is 0.778. The summed E-state index contributed by atoms with van der Waals surface area (Å²) in [6.45, 7) is 0.707. The van der Waals surface area contributed by atoms with Gasteiger partial charge in [-0.2, -0.15) is 4.31 Å². The van der Waals surface area contributed by atoms with Crippen molar-refractivity contribution in [3.63, 3.8) is 0 Å². The van der Waals surface area contributed by atoms with E-state index in [1.807, 2.05) is 30.3 Å². The van der Waals surface area contributed by atoms with E-state index in [1.54, 1.807) is 31.4 Å². The molecule has 7 heteroatoms. The number of carbonyl (C=O) groups is 1. The number of nitrogens with one attached hydrogen (secondary N) is 1. The Morgan fingerprint density at radius 1 is 1.08 bits per heavy atom. The molecule has 0 aromatic heterocycles. The molecule has 0 aliphatic carbocycles. The van der Waals surface area contributed by atoms with Gasteiger partial charge in [-0.25, -0.2) is 8.42 Å². The molecule has 2 aromatic rings. The van der Waals surface area contributed by atoms with Gasteiger partial charge in [-0.3, -0.25) is 4.79 Å². The zero-order valence-corrected chi connectivity index (χ0v) is 15.1. The standard InChI is InChI=1S/C18H22N2O4S/c1-24-17-10-8-16(9-11-17)18(21)19-12-13-20(25(2,22)23)14-15-6-4-3-5-7-15/h3-11H,12-14H2,1-2H3,(H,19,21). The van der Waals surface area contributed by atoms with Gasteiger partial charge < -0.3 is 10.1 Å². The Labute approximate surface area is 148 Å². The third-order valence-corrected chi connectivity index (χ3v) is 4.92. The van der Waals surface area contributed by atoms with Crippen molar-refractivity contribution in [2.24, 2.45) is 0 Å². The molecule has 0 heterocycles. The molecule has 0 bridgehead atoms. The van der Waals surface area contributed by atoms with E-state index in [-0.39, 0.29) is 25.5 Å². The van der Waals surface area contributed by atoms with Crippen LogP contribution in [0.1, 0.15) is 15.9 Å². The highest BCUT2D eigenvalue weighted by molar-refractivity contribution is 7.88. The highest BCUT2D eigenvalue weighted by Crippen LogP contribution is 2.11. The lowest BCUT2D eigenvalue weighted by Crippen LogP contribution is -2.37. The Bertz CT molecular complexity index is 790. The molecule has 25 heavy (non-hydrogen) atoms. The summed E-state index contributed by atoms with van der Waals surface area (Å²) in [6.07, 6.45) is 1.17. The normalized spacial score (nSPS) is 11.3. The van der Waals surface area contributed by atoms with Crippen molar-refractivity contribution in [2.75, 3.05) is 26.5 Å². The van der Waals surface area contributed by atoms with E-state index in [1.165, 1.54) is 10.6 Å². The Morgan fingerprint density at radius 3 is 2.28 bits per heavy atom. The highest BCUT2D eigenvalue weighted by atomic mass is 32.2. The topological polar surface area (TPSA) is 75.7 Å². The number of rotatable bonds is 8. The first kappa shape index (κ1) is 19.0. The number of hydrogen-bond acceptors (Lipinski definition) is 4. The van der Waals surface area contributed by atoms with E-state index in [4.69, 9.17) is 4.74 Å². The molecule has 6 nitrogen and oxygen atoms in total. The maximum Gasteiger partial charge on any atom is 0.251 e. The van der Waals surface area contributed by atoms with Gasteiger partial charge in [-0.05, 0) is 29.8 Å². The van der Waals surface area contributed by atoms with Crippen LogP contribution in [0.4, 0.5) is 0 Å². The molecule has 0 aliphatic heterocycles. The molecule has 134 valence electrons. The number of ether oxygens (including phenoxy) is 1. The number of benzene rings is 2. The van der Waals surface area contributed by atoms with Crippen molar-refractivity contribution in [3.8, 4) is 5.75 Å². The molecule has 0 unspecified atom stereocenters. The Balaban J connectivity index is 1.92. The summed E-state index contributed by atoms with van der Waals surface area (Å²) < 4.78 is 30.3. The van der Waals surface area contributed by atoms with Crippen LogP contribution in [0.5, 0.6) is 5.75 Å². The molecule has 0 atom stereocenters. The molecule has 0 radical (unpaired) electrons. The summed E-state index contributed by atoms with van der Waals surface area (Å²) in [4.78, 5) is 12.1. The van der Waals surface area contributed by atoms with Crippen molar-refractivity contribution < 1.29 is 17.9 Å². The largest absolute Gasteiger partial charge is 0.497 e. The Morgan fingerprint density at radius 2 is 1.72 bits per heavy atom. The first-order valence-electron chi connectivity index (χ1n) is 7.81. The van der Waals surface area contributed by atoms with Gasteiger partial charge in [0.15, 0.2) is 0 Å². The number of amides is 1. The van der Waals surface area contributed by atoms with Crippen LogP contribution in [-0.4, -0.2) is 45.1 Å². The minimum Gasteiger partial charge on any atom is -0.497 e. The molecule has 1 N–H and O–H groups in total. The van der Waals surface area contributed by atoms with Crippen molar-refractivity contribution in [1.82, 2.24) is 9.62 Å². The molecular weight excluding hydrogens is 340 g/mol. The van der Waals surface area contributed by atoms with Crippen LogP contribution in [0.25, 0.3) is 0 Å². The maximum atomic E-state index is 12.1. The van der Waals surface area contributed by atoms with Crippen molar-refractivity contribution in [2.45, 2.75) is 6.54 Å². The van der Waals surface area contributed by atoms with Crippen LogP contribution < -0.4 is 10.1 Å². The van der Waals surface area contributed by atoms with Gasteiger partial charge in [-0.15, -0.1) is 0 Å². The van der Waals surface area contributed by atoms with Crippen LogP contribution in [0.15, 0.2) is 54.6 Å². The van der Waals surface area contributed by atoms with E-state index in [0.717, 1.165) is 5.56 Å². The van der Waals surface area contributed by atoms with Gasteiger partial charge in [0.25, 0.3) is 5.91 Å². The third-order valence-electron chi connectivity index (χ3n) is 3.67. The van der Waals surface area contributed by atoms with Crippen LogP contribution >= 0.6 is 0 Å². The van der Waals surface area contributed by atoms with E-state index in [0.29, 0.717) is 11.3 Å². The number of nitrogens with zero attached hydrogens (tertiary/aromatic N) is 1. The lowest BCUT2D eigenvalue weighted by molar-refractivity contribution is 0.0951. The first-order valence-corrected chi connectivity index (χ1v) is 9.66. The number of sulfonamides is 1. The number of carbonyl (C=O) groups excluding carboxylic acids is 1. The summed E-state index contributed by atoms with van der Waals surface area (Å²) in [5, 5.41) is 2.74. The third kappa shape index (κ3) is 5.88. The minimum atomic E-state index is -3.37. The number of methoxy groups -OCH3 is 1. The van der Waals surface area contributed by atoms with Gasteiger partial charge in [0.2, 0.25) is 10.0 Å². The monoisotopic (exact) mass is 362 g/mol. The molecule has 0 saturated carbocycles. The second-order valence-corrected chi connectivity index (χ2v) is 7.55. The number of hydrogen-bond donors (Lipinski definition) is 1. The van der Waals surface area contributed by atoms with E-state index < -0.39 is 10.0 Å². The summed E-state index contributed by atoms with van der Waals surface area (Å²) in [7, 11) is -1.81. The molecule has 0 spiro atoms. The molecule has 2 aromatic carbocycles. The fraction of sp³-hybridized carbons (Fsp3) is 0.278. The molecule has 2 rings (SSSR count). The highest BCUT2D eigenvalue weighted by Gasteiger charge is 2.17. The maximum absolute atomic E-state index is 12.1. The zero-order chi connectivity index (χ0) is 18.3. The second-order valence-electron chi connectivity index (χ2n) is 5.57. The summed E-state index contributed by atoms with van der Waals surface area (Å²) in [6, 6.07) is 16.1. The van der Waals surface area contributed by atoms with Gasteiger partial charge in [0.05, 0.1) is 13.4 Å². The van der Waals surface area contributed by atoms with E-state index in [9.17, 15) is 13.2 Å². The lowest BCUT2D eigenvalue weighted by Gasteiger charge is -2.20. The van der Waals surface area contributed by atoms with Crippen LogP contribution in [0.2, 0.25) is 0 Å². The van der Waals surface area contributed by atoms with Gasteiger partial charge in [-0.1, -0.05) is 30.3 Å². The smallest absolute Gasteiger partial charge is 0.251 e. The Kier molecular flexibility index (Phi) is 6.55. The summed E-state index contributed by atoms with van der Waals surface area (Å²) in [5.41, 5.74) is 1.39. The lowest BCUT2D eigenvalue weighted by atomic mass is 10.2. The fourth-order valence-corrected chi connectivity index (χ4v) is 3.09. The fourth-order valence-electron chi connectivity index (χ4n) is 2.29. The minimum absolute atomic E-state index is 0.204. The predicted octanol–water partition coefficient (Wildman–Crippen LogP) is 1.89. The molecule has 0 fully saturated rings. The summed E-state index contributed by atoms with van der Waals surface area (Å²) in [5.74, 6) is 0.415. The summed E-state index contributed by atoms with van der Waals surface area (Å²) >= 11 is 0. The first-order chi connectivity index (χ1) is 11.9. The SMILES string of the molecule is COc1ccc(C(=O)NCCN(Cc2ccccc2)S(C)(=O)=O)cc1. The van der Waals surface area contributed by atoms with Gasteiger partial charge in [0.1, 0.15) is 5.75 Å². The molecule has 0 aliphatic rings. The van der Waals surface area contributed by atoms with Crippen molar-refractivity contribution in [3.05, 3.63) is 65.7 Å². The van der Waals surface area contributed by atoms with Crippen LogP contribution in [-0.2, 0) is 16.6 Å². The van der Waals surface area contributed by atoms with Gasteiger partial charge >= 0.3 is 0 Å². The average molecular weight is 362 g/mol. The molecule has 0 saturated heterocycles. The molecule has 1 amide bonds. The second kappa shape index (κ2) is 8.64. The zero-order valence-electron chi connectivity index (χ0n) is 14.3. The predicted molar refractivity (Wildman–Crippen MR) is 97.0 cm³/mol. The van der Waals surface area contributed by atoms with Crippen molar-refractivity contribution >= 4 is 15.9 Å².